The Kier molecular flexibility index (Phi) is 6.76. The molecule has 0 radical (unpaired) electrons. The smallest absolute Gasteiger partial charge is 0.317 e. The number of ether oxygens (including phenoxy) is 1. The highest BCUT2D eigenvalue weighted by atomic mass is 16.5. The maximum Gasteiger partial charge on any atom is 0.317 e. The van der Waals surface area contributed by atoms with E-state index in [-0.39, 0.29) is 24.1 Å². The summed E-state index contributed by atoms with van der Waals surface area (Å²) in [4.78, 5) is 23.1. The van der Waals surface area contributed by atoms with Crippen LogP contribution in [0.2, 0.25) is 0 Å². The lowest BCUT2D eigenvalue weighted by Gasteiger charge is -2.34. The summed E-state index contributed by atoms with van der Waals surface area (Å²) in [7, 11) is 0. The first-order chi connectivity index (χ1) is 13.1. The summed E-state index contributed by atoms with van der Waals surface area (Å²) < 4.78 is 5.96. The summed E-state index contributed by atoms with van der Waals surface area (Å²) in [5.74, 6) is 0.289. The van der Waals surface area contributed by atoms with Gasteiger partial charge in [-0.25, -0.2) is 4.79 Å². The number of pyridine rings is 2. The molecule has 0 spiro atoms. The number of rotatable bonds is 6. The molecule has 1 fully saturated rings. The average Bonchev–Trinajstić information content (AvgIpc) is 2.72. The molecule has 1 N–H and O–H groups in total. The SMILES string of the molecule is CC(C)[C@@H](NC(=O)N1CCC(OCc2ccccn2)CC1)c1cccnc1. The Morgan fingerprint density at radius 2 is 2.04 bits per heavy atom. The van der Waals surface area contributed by atoms with Crippen LogP contribution in [0.25, 0.3) is 0 Å². The van der Waals surface area contributed by atoms with Crippen LogP contribution in [0.4, 0.5) is 4.79 Å². The lowest BCUT2D eigenvalue weighted by Crippen LogP contribution is -2.47. The number of nitrogens with zero attached hydrogens (tertiary/aromatic N) is 3. The average molecular weight is 368 g/mol. The zero-order chi connectivity index (χ0) is 19.1. The van der Waals surface area contributed by atoms with Gasteiger partial charge < -0.3 is 15.0 Å². The van der Waals surface area contributed by atoms with Crippen LogP contribution in [0.5, 0.6) is 0 Å². The Morgan fingerprint density at radius 3 is 2.67 bits per heavy atom. The second kappa shape index (κ2) is 9.46. The van der Waals surface area contributed by atoms with Gasteiger partial charge in [-0.1, -0.05) is 26.0 Å². The van der Waals surface area contributed by atoms with Gasteiger partial charge in [-0.2, -0.15) is 0 Å². The van der Waals surface area contributed by atoms with E-state index in [9.17, 15) is 4.79 Å². The Morgan fingerprint density at radius 1 is 1.22 bits per heavy atom. The topological polar surface area (TPSA) is 67.4 Å². The quantitative estimate of drug-likeness (QED) is 0.846. The molecule has 1 atom stereocenters. The van der Waals surface area contributed by atoms with Gasteiger partial charge in [0.25, 0.3) is 0 Å². The molecule has 1 aliphatic heterocycles. The van der Waals surface area contributed by atoms with Crippen molar-refractivity contribution in [1.82, 2.24) is 20.2 Å². The number of aromatic nitrogens is 2. The monoisotopic (exact) mass is 368 g/mol. The molecule has 6 heteroatoms. The standard InChI is InChI=1S/C21H28N4O2/c1-16(2)20(17-6-5-10-22-14-17)24-21(26)25-12-8-19(9-13-25)27-15-18-7-3-4-11-23-18/h3-7,10-11,14,16,19-20H,8-9,12-13,15H2,1-2H3,(H,24,26)/t20-/m1/s1. The van der Waals surface area contributed by atoms with Crippen molar-refractivity contribution in [2.24, 2.45) is 5.92 Å². The molecule has 0 bridgehead atoms. The van der Waals surface area contributed by atoms with Crippen LogP contribution in [0.15, 0.2) is 48.9 Å². The van der Waals surface area contributed by atoms with E-state index in [2.05, 4.69) is 29.1 Å². The Labute approximate surface area is 161 Å². The largest absolute Gasteiger partial charge is 0.372 e. The van der Waals surface area contributed by atoms with E-state index in [4.69, 9.17) is 4.74 Å². The third-order valence-electron chi connectivity index (χ3n) is 4.91. The predicted octanol–water partition coefficient (Wildman–Crippen LogP) is 3.56. The molecular formula is C21H28N4O2. The van der Waals surface area contributed by atoms with Crippen molar-refractivity contribution in [2.45, 2.75) is 45.4 Å². The van der Waals surface area contributed by atoms with Crippen LogP contribution >= 0.6 is 0 Å². The second-order valence-electron chi connectivity index (χ2n) is 7.28. The van der Waals surface area contributed by atoms with E-state index in [1.165, 1.54) is 0 Å². The third kappa shape index (κ3) is 5.50. The van der Waals surface area contributed by atoms with E-state index in [0.717, 1.165) is 24.1 Å². The number of piperidine rings is 1. The first-order valence-electron chi connectivity index (χ1n) is 9.60. The normalized spacial score (nSPS) is 16.3. The fourth-order valence-corrected chi connectivity index (χ4v) is 3.33. The highest BCUT2D eigenvalue weighted by molar-refractivity contribution is 5.74. The number of urea groups is 1. The van der Waals surface area contributed by atoms with E-state index in [1.54, 1.807) is 12.4 Å². The van der Waals surface area contributed by atoms with Crippen LogP contribution in [0, 0.1) is 5.92 Å². The summed E-state index contributed by atoms with van der Waals surface area (Å²) in [5, 5.41) is 3.17. The number of hydrogen-bond donors (Lipinski definition) is 1. The number of carbonyl (C=O) groups excluding carboxylic acids is 1. The van der Waals surface area contributed by atoms with Gasteiger partial charge in [0, 0.05) is 31.7 Å². The fraction of sp³-hybridized carbons (Fsp3) is 0.476. The summed E-state index contributed by atoms with van der Waals surface area (Å²) in [6.07, 6.45) is 7.22. The van der Waals surface area contributed by atoms with E-state index < -0.39 is 0 Å². The zero-order valence-corrected chi connectivity index (χ0v) is 16.0. The van der Waals surface area contributed by atoms with Crippen LogP contribution in [0.3, 0.4) is 0 Å². The van der Waals surface area contributed by atoms with Gasteiger partial charge in [0.1, 0.15) is 0 Å². The Bertz CT molecular complexity index is 701. The highest BCUT2D eigenvalue weighted by Gasteiger charge is 2.26. The highest BCUT2D eigenvalue weighted by Crippen LogP contribution is 2.22. The van der Waals surface area contributed by atoms with Gasteiger partial charge in [0.15, 0.2) is 0 Å². The summed E-state index contributed by atoms with van der Waals surface area (Å²) >= 11 is 0. The van der Waals surface area contributed by atoms with Crippen molar-refractivity contribution >= 4 is 6.03 Å². The summed E-state index contributed by atoms with van der Waals surface area (Å²) in [5.41, 5.74) is 1.98. The van der Waals surface area contributed by atoms with Crippen molar-refractivity contribution in [3.8, 4) is 0 Å². The van der Waals surface area contributed by atoms with Gasteiger partial charge in [0.05, 0.1) is 24.4 Å². The number of nitrogens with one attached hydrogen (secondary N) is 1. The summed E-state index contributed by atoms with van der Waals surface area (Å²) in [6, 6.07) is 9.69. The number of carbonyl (C=O) groups is 1. The lowest BCUT2D eigenvalue weighted by molar-refractivity contribution is 0.00279. The lowest BCUT2D eigenvalue weighted by atomic mass is 9.97. The maximum absolute atomic E-state index is 12.7. The van der Waals surface area contributed by atoms with E-state index in [0.29, 0.717) is 19.7 Å². The Hall–Kier alpha value is -2.47. The molecule has 0 aliphatic carbocycles. The van der Waals surface area contributed by atoms with Crippen LogP contribution in [0.1, 0.15) is 44.0 Å². The minimum absolute atomic E-state index is 0.0132. The van der Waals surface area contributed by atoms with Crippen molar-refractivity contribution in [2.75, 3.05) is 13.1 Å². The first kappa shape index (κ1) is 19.3. The van der Waals surface area contributed by atoms with Gasteiger partial charge >= 0.3 is 6.03 Å². The van der Waals surface area contributed by atoms with Crippen molar-refractivity contribution < 1.29 is 9.53 Å². The van der Waals surface area contributed by atoms with E-state index in [1.807, 2.05) is 41.4 Å². The predicted molar refractivity (Wildman–Crippen MR) is 104 cm³/mol. The fourth-order valence-electron chi connectivity index (χ4n) is 3.33. The minimum Gasteiger partial charge on any atom is -0.372 e. The van der Waals surface area contributed by atoms with Gasteiger partial charge in [-0.3, -0.25) is 9.97 Å². The molecule has 27 heavy (non-hydrogen) atoms. The molecule has 3 heterocycles. The molecule has 1 aliphatic rings. The van der Waals surface area contributed by atoms with Gasteiger partial charge in [0.2, 0.25) is 0 Å². The molecule has 3 rings (SSSR count). The molecule has 0 unspecified atom stereocenters. The zero-order valence-electron chi connectivity index (χ0n) is 16.0. The van der Waals surface area contributed by atoms with Crippen LogP contribution in [-0.4, -0.2) is 40.1 Å². The molecule has 0 aromatic carbocycles. The Balaban J connectivity index is 1.47. The number of likely N-dealkylation sites (tertiary alicyclic amines) is 1. The van der Waals surface area contributed by atoms with Crippen molar-refractivity contribution in [3.63, 3.8) is 0 Å². The van der Waals surface area contributed by atoms with Gasteiger partial charge in [-0.05, 0) is 42.5 Å². The molecular weight excluding hydrogens is 340 g/mol. The number of hydrogen-bond acceptors (Lipinski definition) is 4. The third-order valence-corrected chi connectivity index (χ3v) is 4.91. The minimum atomic E-state index is -0.0377. The molecule has 6 nitrogen and oxygen atoms in total. The van der Waals surface area contributed by atoms with Crippen molar-refractivity contribution in [1.29, 1.82) is 0 Å². The number of amides is 2. The molecule has 2 aromatic heterocycles. The molecule has 1 saturated heterocycles. The molecule has 2 amide bonds. The van der Waals surface area contributed by atoms with Gasteiger partial charge in [-0.15, -0.1) is 0 Å². The second-order valence-corrected chi connectivity index (χ2v) is 7.28. The molecule has 2 aromatic rings. The molecule has 0 saturated carbocycles. The molecule has 144 valence electrons. The maximum atomic E-state index is 12.7. The van der Waals surface area contributed by atoms with Crippen LogP contribution < -0.4 is 5.32 Å². The van der Waals surface area contributed by atoms with Crippen LogP contribution in [-0.2, 0) is 11.3 Å². The summed E-state index contributed by atoms with van der Waals surface area (Å²) in [6.45, 7) is 6.15. The first-order valence-corrected chi connectivity index (χ1v) is 9.60. The van der Waals surface area contributed by atoms with E-state index >= 15 is 0 Å². The van der Waals surface area contributed by atoms with Crippen molar-refractivity contribution in [3.05, 3.63) is 60.2 Å².